The largest absolute Gasteiger partial charge is 0.508 e. The van der Waals surface area contributed by atoms with Crippen LogP contribution in [0.4, 0.5) is 26.3 Å². The van der Waals surface area contributed by atoms with Crippen molar-refractivity contribution >= 4 is 28.5 Å². The number of aromatic hydroxyl groups is 2. The minimum atomic E-state index is -2.50. The Morgan fingerprint density at radius 3 is 1.43 bits per heavy atom. The van der Waals surface area contributed by atoms with Gasteiger partial charge in [-0.1, -0.05) is 52.3 Å². The average Bonchev–Trinajstić information content (AvgIpc) is 2.95. The zero-order chi connectivity index (χ0) is 31.2. The first kappa shape index (κ1) is 33.8. The molecule has 0 bridgehead atoms. The molecule has 0 aliphatic carbocycles. The van der Waals surface area contributed by atoms with Gasteiger partial charge in [-0.05, 0) is 77.3 Å². The Morgan fingerprint density at radius 2 is 1.02 bits per heavy atom. The molecule has 220 valence electrons. The normalized spacial score (nSPS) is 9.74. The molecule has 0 saturated carbocycles. The highest BCUT2D eigenvalue weighted by atomic mass is 79.9. The third-order valence-corrected chi connectivity index (χ3v) is 5.26. The van der Waals surface area contributed by atoms with E-state index in [1.165, 1.54) is 48.5 Å². The van der Waals surface area contributed by atoms with Crippen molar-refractivity contribution in [2.24, 2.45) is 0 Å². The van der Waals surface area contributed by atoms with Crippen molar-refractivity contribution in [1.82, 2.24) is 0 Å². The summed E-state index contributed by atoms with van der Waals surface area (Å²) in [7, 11) is -1.51. The predicted octanol–water partition coefficient (Wildman–Crippen LogP) is 7.41. The second-order valence-electron chi connectivity index (χ2n) is 7.77. The van der Waals surface area contributed by atoms with E-state index in [2.05, 4.69) is 25.4 Å². The summed E-state index contributed by atoms with van der Waals surface area (Å²) in [5.74, 6) is 0.139. The first-order valence-electron chi connectivity index (χ1n) is 11.4. The van der Waals surface area contributed by atoms with Gasteiger partial charge in [-0.3, -0.25) is 0 Å². The van der Waals surface area contributed by atoms with Gasteiger partial charge in [-0.15, -0.1) is 0 Å². The molecule has 14 heteroatoms. The van der Waals surface area contributed by atoms with E-state index in [1.54, 1.807) is 48.5 Å². The summed E-state index contributed by atoms with van der Waals surface area (Å²) in [6, 6.07) is 20.3. The highest BCUT2D eigenvalue weighted by molar-refractivity contribution is 9.10. The van der Waals surface area contributed by atoms with Crippen LogP contribution in [0.5, 0.6) is 23.0 Å². The molecular weight excluding hydrogens is 637 g/mol. The summed E-state index contributed by atoms with van der Waals surface area (Å²) < 4.78 is 80.8. The Bertz CT molecular complexity index is 1490. The predicted molar refractivity (Wildman–Crippen MR) is 148 cm³/mol. The van der Waals surface area contributed by atoms with Gasteiger partial charge >= 0.3 is 31.3 Å². The maximum absolute atomic E-state index is 12.6. The fourth-order valence-electron chi connectivity index (χ4n) is 2.87. The van der Waals surface area contributed by atoms with Gasteiger partial charge in [0.15, 0.2) is 0 Å². The number of phenols is 2. The molecule has 4 aromatic carbocycles. The standard InChI is InChI=1S/C14H9F3O2.C8H4BrF3O.C6H7BO3/c15-13(16)14(17)19-12-6-4-9(5-7-12)10-2-1-3-11(18)8-10;9-5-1-3-6(4-2-5)13-8(12)7(10)11;8-6-3-1-2-5(4-6)7(9)10/h1-8,18H;1-4H;1-4,8-10H. The molecule has 0 saturated heterocycles. The number of ether oxygens (including phenoxy) is 2. The van der Waals surface area contributed by atoms with Crippen molar-refractivity contribution in [3.63, 3.8) is 0 Å². The Hall–Kier alpha value is -4.40. The Balaban J connectivity index is 0.000000234. The molecule has 0 radical (unpaired) electrons. The van der Waals surface area contributed by atoms with E-state index >= 15 is 0 Å². The smallest absolute Gasteiger partial charge is 0.488 e. The van der Waals surface area contributed by atoms with E-state index in [0.717, 1.165) is 15.6 Å². The summed E-state index contributed by atoms with van der Waals surface area (Å²) >= 11 is 3.13. The van der Waals surface area contributed by atoms with Gasteiger partial charge < -0.3 is 29.7 Å². The van der Waals surface area contributed by atoms with Crippen LogP contribution in [0.3, 0.4) is 0 Å². The molecule has 0 aliphatic rings. The van der Waals surface area contributed by atoms with Crippen LogP contribution < -0.4 is 14.9 Å². The number of hydrogen-bond acceptors (Lipinski definition) is 6. The van der Waals surface area contributed by atoms with Crippen LogP contribution in [-0.2, 0) is 0 Å². The topological polar surface area (TPSA) is 99.4 Å². The van der Waals surface area contributed by atoms with E-state index < -0.39 is 31.3 Å². The second kappa shape index (κ2) is 16.8. The lowest BCUT2D eigenvalue weighted by Crippen LogP contribution is -2.29. The maximum atomic E-state index is 12.6. The molecule has 0 unspecified atom stereocenters. The fraction of sp³-hybridized carbons (Fsp3) is 0. The van der Waals surface area contributed by atoms with Gasteiger partial charge in [0.1, 0.15) is 23.0 Å². The molecule has 6 nitrogen and oxygen atoms in total. The van der Waals surface area contributed by atoms with Crippen molar-refractivity contribution in [1.29, 1.82) is 0 Å². The van der Waals surface area contributed by atoms with Crippen molar-refractivity contribution in [3.8, 4) is 34.1 Å². The first-order valence-corrected chi connectivity index (χ1v) is 12.2. The Morgan fingerprint density at radius 1 is 0.571 bits per heavy atom. The molecular formula is C28H20BBrF6O6. The molecule has 0 amide bonds. The summed E-state index contributed by atoms with van der Waals surface area (Å²) in [5.41, 5.74) is 1.78. The van der Waals surface area contributed by atoms with Gasteiger partial charge in [0.2, 0.25) is 0 Å². The molecule has 4 rings (SSSR count). The van der Waals surface area contributed by atoms with E-state index in [-0.39, 0.29) is 23.0 Å². The quantitative estimate of drug-likeness (QED) is 0.0980. The van der Waals surface area contributed by atoms with Crippen molar-refractivity contribution in [2.75, 3.05) is 0 Å². The minimum Gasteiger partial charge on any atom is -0.508 e. The highest BCUT2D eigenvalue weighted by Crippen LogP contribution is 2.26. The third-order valence-electron chi connectivity index (χ3n) is 4.73. The molecule has 42 heavy (non-hydrogen) atoms. The first-order chi connectivity index (χ1) is 19.8. The van der Waals surface area contributed by atoms with Crippen LogP contribution >= 0.6 is 15.9 Å². The van der Waals surface area contributed by atoms with E-state index in [4.69, 9.17) is 15.2 Å². The van der Waals surface area contributed by atoms with E-state index in [9.17, 15) is 31.4 Å². The average molecular weight is 657 g/mol. The molecule has 0 aliphatic heterocycles. The van der Waals surface area contributed by atoms with E-state index in [1.807, 2.05) is 0 Å². The Labute approximate surface area is 244 Å². The van der Waals surface area contributed by atoms with Gasteiger partial charge in [0.05, 0.1) is 0 Å². The van der Waals surface area contributed by atoms with Crippen LogP contribution in [0.2, 0.25) is 0 Å². The van der Waals surface area contributed by atoms with E-state index in [0.29, 0.717) is 5.46 Å². The van der Waals surface area contributed by atoms with Gasteiger partial charge in [-0.25, -0.2) is 0 Å². The summed E-state index contributed by atoms with van der Waals surface area (Å²) in [4.78, 5) is 0. The van der Waals surface area contributed by atoms with Crippen LogP contribution in [0.25, 0.3) is 11.1 Å². The molecule has 0 heterocycles. The Kier molecular flexibility index (Phi) is 13.5. The maximum Gasteiger partial charge on any atom is 0.488 e. The van der Waals surface area contributed by atoms with Crippen LogP contribution in [0, 0.1) is 0 Å². The minimum absolute atomic E-state index is 0.0218. The van der Waals surface area contributed by atoms with Gasteiger partial charge in [-0.2, -0.15) is 26.3 Å². The number of phenolic OH excluding ortho intramolecular Hbond substituents is 2. The van der Waals surface area contributed by atoms with Crippen LogP contribution in [0.15, 0.2) is 126 Å². The molecule has 4 N–H and O–H groups in total. The number of benzene rings is 4. The molecule has 0 fully saturated rings. The molecule has 0 atom stereocenters. The summed E-state index contributed by atoms with van der Waals surface area (Å²) in [6.45, 7) is 0. The lowest BCUT2D eigenvalue weighted by atomic mass is 9.80. The van der Waals surface area contributed by atoms with Crippen molar-refractivity contribution in [2.45, 2.75) is 0 Å². The zero-order valence-corrected chi connectivity index (χ0v) is 22.7. The lowest BCUT2D eigenvalue weighted by Gasteiger charge is -2.05. The molecule has 4 aromatic rings. The SMILES string of the molecule is FC(F)=C(F)Oc1ccc(Br)cc1.OB(O)c1cccc(O)c1.Oc1cccc(-c2ccc(OC(F)=C(F)F)cc2)c1. The van der Waals surface area contributed by atoms with Crippen LogP contribution in [-0.4, -0.2) is 27.4 Å². The third kappa shape index (κ3) is 12.0. The monoisotopic (exact) mass is 656 g/mol. The zero-order valence-electron chi connectivity index (χ0n) is 21.1. The number of halogens is 7. The van der Waals surface area contributed by atoms with Gasteiger partial charge in [0, 0.05) is 4.47 Å². The van der Waals surface area contributed by atoms with Crippen molar-refractivity contribution < 1.29 is 56.1 Å². The number of rotatable bonds is 6. The molecule has 0 aromatic heterocycles. The highest BCUT2D eigenvalue weighted by Gasteiger charge is 2.10. The lowest BCUT2D eigenvalue weighted by molar-refractivity contribution is 0.241. The molecule has 0 spiro atoms. The fourth-order valence-corrected chi connectivity index (χ4v) is 3.14. The second-order valence-corrected chi connectivity index (χ2v) is 8.69. The summed E-state index contributed by atoms with van der Waals surface area (Å²) in [6.07, 6.45) is -4.97. The van der Waals surface area contributed by atoms with Gasteiger partial charge in [0.25, 0.3) is 0 Å². The van der Waals surface area contributed by atoms with Crippen molar-refractivity contribution in [3.05, 3.63) is 126 Å². The number of hydrogen-bond donors (Lipinski definition) is 4. The summed E-state index contributed by atoms with van der Waals surface area (Å²) in [5, 5.41) is 35.4. The van der Waals surface area contributed by atoms with Crippen LogP contribution in [0.1, 0.15) is 0 Å².